The van der Waals surface area contributed by atoms with Gasteiger partial charge in [-0.3, -0.25) is 14.9 Å². The van der Waals surface area contributed by atoms with E-state index in [4.69, 9.17) is 16.7 Å². The fourth-order valence-corrected chi connectivity index (χ4v) is 3.49. The lowest BCUT2D eigenvalue weighted by atomic mass is 10.1. The summed E-state index contributed by atoms with van der Waals surface area (Å²) < 4.78 is 7.85. The summed E-state index contributed by atoms with van der Waals surface area (Å²) in [4.78, 5) is 9.29. The number of H-pyrrole nitrogens is 1. The van der Waals surface area contributed by atoms with Crippen molar-refractivity contribution in [3.05, 3.63) is 52.1 Å². The SMILES string of the molecule is Cc1ccc(-c2nc(=S)n(CN3CCN(Cc4cc(C)no4)CC3)[nH]2)cc1. The second-order valence-corrected chi connectivity index (χ2v) is 7.48. The molecule has 7 nitrogen and oxygen atoms in total. The van der Waals surface area contributed by atoms with Crippen LogP contribution in [-0.4, -0.2) is 55.9 Å². The molecule has 8 heteroatoms. The summed E-state index contributed by atoms with van der Waals surface area (Å²) in [6.07, 6.45) is 0. The fraction of sp³-hybridized carbons (Fsp3) is 0.421. The molecule has 1 aliphatic rings. The number of piperazine rings is 1. The number of aromatic amines is 1. The molecule has 1 N–H and O–H groups in total. The van der Waals surface area contributed by atoms with Crippen molar-refractivity contribution in [1.82, 2.24) is 29.7 Å². The van der Waals surface area contributed by atoms with Gasteiger partial charge in [0.15, 0.2) is 11.6 Å². The van der Waals surface area contributed by atoms with Crippen LogP contribution < -0.4 is 0 Å². The topological polar surface area (TPSA) is 66.1 Å². The summed E-state index contributed by atoms with van der Waals surface area (Å²) >= 11 is 5.44. The molecule has 2 aromatic heterocycles. The van der Waals surface area contributed by atoms with Crippen LogP contribution in [-0.2, 0) is 13.2 Å². The largest absolute Gasteiger partial charge is 0.360 e. The van der Waals surface area contributed by atoms with Crippen LogP contribution in [0.4, 0.5) is 0 Å². The first-order valence-corrected chi connectivity index (χ1v) is 9.58. The Morgan fingerprint density at radius 2 is 1.78 bits per heavy atom. The Bertz CT molecular complexity index is 949. The van der Waals surface area contributed by atoms with Crippen molar-refractivity contribution in [3.63, 3.8) is 0 Å². The van der Waals surface area contributed by atoms with Gasteiger partial charge < -0.3 is 4.52 Å². The summed E-state index contributed by atoms with van der Waals surface area (Å²) in [5, 5.41) is 7.30. The van der Waals surface area contributed by atoms with Crippen LogP contribution in [0.5, 0.6) is 0 Å². The Hall–Kier alpha value is -2.29. The first kappa shape index (κ1) is 18.1. The maximum Gasteiger partial charge on any atom is 0.217 e. The molecule has 4 rings (SSSR count). The van der Waals surface area contributed by atoms with Gasteiger partial charge in [0.25, 0.3) is 0 Å². The van der Waals surface area contributed by atoms with Crippen LogP contribution in [0.15, 0.2) is 34.9 Å². The second-order valence-electron chi connectivity index (χ2n) is 7.12. The average molecular weight is 385 g/mol. The second kappa shape index (κ2) is 7.75. The van der Waals surface area contributed by atoms with Crippen LogP contribution >= 0.6 is 12.2 Å². The summed E-state index contributed by atoms with van der Waals surface area (Å²) in [6.45, 7) is 9.51. The number of aromatic nitrogens is 4. The molecule has 0 aliphatic carbocycles. The zero-order valence-corrected chi connectivity index (χ0v) is 16.5. The highest BCUT2D eigenvalue weighted by Crippen LogP contribution is 2.16. The minimum Gasteiger partial charge on any atom is -0.360 e. The standard InChI is InChI=1S/C19H24N6OS/c1-14-3-5-16(6-4-14)18-20-19(27)25(21-18)13-24-9-7-23(8-10-24)12-17-11-15(2)22-26-17/h3-6,11H,7-10,12-13H2,1-2H3,(H,20,21,27). The molecule has 0 atom stereocenters. The lowest BCUT2D eigenvalue weighted by Gasteiger charge is -2.33. The van der Waals surface area contributed by atoms with Crippen LogP contribution in [0.25, 0.3) is 11.4 Å². The van der Waals surface area contributed by atoms with E-state index in [1.54, 1.807) is 0 Å². The van der Waals surface area contributed by atoms with Crippen molar-refractivity contribution >= 4 is 12.2 Å². The highest BCUT2D eigenvalue weighted by molar-refractivity contribution is 7.71. The number of benzene rings is 1. The van der Waals surface area contributed by atoms with Gasteiger partial charge >= 0.3 is 0 Å². The van der Waals surface area contributed by atoms with Crippen molar-refractivity contribution in [3.8, 4) is 11.4 Å². The molecule has 142 valence electrons. The van der Waals surface area contributed by atoms with Gasteiger partial charge in [0.2, 0.25) is 4.77 Å². The smallest absolute Gasteiger partial charge is 0.217 e. The van der Waals surface area contributed by atoms with Gasteiger partial charge in [-0.25, -0.2) is 4.68 Å². The summed E-state index contributed by atoms with van der Waals surface area (Å²) in [5.74, 6) is 1.75. The maximum atomic E-state index is 5.44. The van der Waals surface area contributed by atoms with Gasteiger partial charge in [0, 0.05) is 37.8 Å². The van der Waals surface area contributed by atoms with Gasteiger partial charge in [-0.2, -0.15) is 4.98 Å². The molecular formula is C19H24N6OS. The van der Waals surface area contributed by atoms with E-state index in [2.05, 4.69) is 56.2 Å². The normalized spacial score (nSPS) is 16.1. The first-order chi connectivity index (χ1) is 13.1. The Morgan fingerprint density at radius 3 is 2.44 bits per heavy atom. The van der Waals surface area contributed by atoms with E-state index in [9.17, 15) is 0 Å². The van der Waals surface area contributed by atoms with Gasteiger partial charge in [-0.05, 0) is 26.1 Å². The summed E-state index contributed by atoms with van der Waals surface area (Å²) in [5.41, 5.74) is 3.22. The monoisotopic (exact) mass is 384 g/mol. The van der Waals surface area contributed by atoms with E-state index >= 15 is 0 Å². The zero-order chi connectivity index (χ0) is 18.8. The van der Waals surface area contributed by atoms with Gasteiger partial charge in [0.05, 0.1) is 18.9 Å². The molecule has 0 bridgehead atoms. The molecular weight excluding hydrogens is 360 g/mol. The molecule has 0 spiro atoms. The lowest BCUT2D eigenvalue weighted by Crippen LogP contribution is -2.46. The molecule has 0 radical (unpaired) electrons. The molecule has 3 heterocycles. The molecule has 0 unspecified atom stereocenters. The minimum atomic E-state index is 0.588. The number of nitrogens with one attached hydrogen (secondary N) is 1. The van der Waals surface area contributed by atoms with E-state index in [0.29, 0.717) is 4.77 Å². The molecule has 1 saturated heterocycles. The molecule has 1 fully saturated rings. The van der Waals surface area contributed by atoms with Crippen LogP contribution in [0.1, 0.15) is 17.0 Å². The summed E-state index contributed by atoms with van der Waals surface area (Å²) in [7, 11) is 0. The quantitative estimate of drug-likeness (QED) is 0.682. The molecule has 1 aliphatic heterocycles. The number of aryl methyl sites for hydroxylation is 2. The summed E-state index contributed by atoms with van der Waals surface area (Å²) in [6, 6.07) is 10.3. The lowest BCUT2D eigenvalue weighted by molar-refractivity contribution is 0.0921. The van der Waals surface area contributed by atoms with Crippen molar-refractivity contribution in [2.75, 3.05) is 26.2 Å². The van der Waals surface area contributed by atoms with Gasteiger partial charge in [0.1, 0.15) is 0 Å². The Kier molecular flexibility index (Phi) is 5.20. The van der Waals surface area contributed by atoms with Crippen LogP contribution in [0.3, 0.4) is 0 Å². The minimum absolute atomic E-state index is 0.588. The molecule has 0 saturated carbocycles. The Balaban J connectivity index is 1.35. The van der Waals surface area contributed by atoms with Crippen LogP contribution in [0.2, 0.25) is 0 Å². The number of hydrogen-bond donors (Lipinski definition) is 1. The predicted molar refractivity (Wildman–Crippen MR) is 106 cm³/mol. The first-order valence-electron chi connectivity index (χ1n) is 9.17. The van der Waals surface area contributed by atoms with Crippen molar-refractivity contribution < 1.29 is 4.52 Å². The molecule has 0 amide bonds. The average Bonchev–Trinajstić information content (AvgIpc) is 3.23. The Labute approximate surface area is 163 Å². The number of hydrogen-bond acceptors (Lipinski definition) is 6. The molecule has 3 aromatic rings. The van der Waals surface area contributed by atoms with E-state index in [0.717, 1.165) is 62.2 Å². The van der Waals surface area contributed by atoms with Crippen molar-refractivity contribution in [1.29, 1.82) is 0 Å². The highest BCUT2D eigenvalue weighted by atomic mass is 32.1. The van der Waals surface area contributed by atoms with E-state index in [-0.39, 0.29) is 0 Å². The predicted octanol–water partition coefficient (Wildman–Crippen LogP) is 2.99. The molecule has 1 aromatic carbocycles. The number of nitrogens with zero attached hydrogens (tertiary/aromatic N) is 5. The highest BCUT2D eigenvalue weighted by Gasteiger charge is 2.19. The molecule has 27 heavy (non-hydrogen) atoms. The van der Waals surface area contributed by atoms with E-state index in [1.807, 2.05) is 17.7 Å². The van der Waals surface area contributed by atoms with Crippen LogP contribution in [0, 0.1) is 18.6 Å². The van der Waals surface area contributed by atoms with E-state index in [1.165, 1.54) is 5.56 Å². The third kappa shape index (κ3) is 4.35. The fourth-order valence-electron chi connectivity index (χ4n) is 3.29. The van der Waals surface area contributed by atoms with Crippen molar-refractivity contribution in [2.24, 2.45) is 0 Å². The van der Waals surface area contributed by atoms with Gasteiger partial charge in [-0.15, -0.1) is 0 Å². The Morgan fingerprint density at radius 1 is 1.07 bits per heavy atom. The third-order valence-corrected chi connectivity index (χ3v) is 5.18. The number of rotatable bonds is 5. The zero-order valence-electron chi connectivity index (χ0n) is 15.7. The van der Waals surface area contributed by atoms with Gasteiger partial charge in [-0.1, -0.05) is 35.0 Å². The van der Waals surface area contributed by atoms with E-state index < -0.39 is 0 Å². The van der Waals surface area contributed by atoms with Crippen molar-refractivity contribution in [2.45, 2.75) is 27.1 Å². The third-order valence-electron chi connectivity index (χ3n) is 4.87. The maximum absolute atomic E-state index is 5.44.